The quantitative estimate of drug-likeness (QED) is 0.673. The SMILES string of the molecule is N#Cc1cc(F)cc(N)c1Br. The van der Waals surface area contributed by atoms with E-state index in [-0.39, 0.29) is 11.3 Å². The summed E-state index contributed by atoms with van der Waals surface area (Å²) < 4.78 is 13.0. The van der Waals surface area contributed by atoms with Crippen molar-refractivity contribution in [1.29, 1.82) is 5.26 Å². The summed E-state index contributed by atoms with van der Waals surface area (Å²) in [4.78, 5) is 0. The van der Waals surface area contributed by atoms with Crippen LogP contribution in [0.1, 0.15) is 5.56 Å². The molecule has 56 valence electrons. The average Bonchev–Trinajstić information content (AvgIpc) is 1.96. The highest BCUT2D eigenvalue weighted by atomic mass is 79.9. The molecule has 0 aliphatic rings. The van der Waals surface area contributed by atoms with E-state index in [0.29, 0.717) is 4.47 Å². The van der Waals surface area contributed by atoms with E-state index in [1.54, 1.807) is 0 Å². The van der Waals surface area contributed by atoms with Crippen LogP contribution in [0.3, 0.4) is 0 Å². The molecule has 0 aromatic heterocycles. The summed E-state index contributed by atoms with van der Waals surface area (Å²) in [5, 5.41) is 8.47. The molecule has 0 saturated carbocycles. The molecule has 0 unspecified atom stereocenters. The van der Waals surface area contributed by atoms with E-state index in [2.05, 4.69) is 15.9 Å². The fourth-order valence-electron chi connectivity index (χ4n) is 0.692. The third-order valence-corrected chi connectivity index (χ3v) is 2.07. The van der Waals surface area contributed by atoms with Gasteiger partial charge in [-0.1, -0.05) is 0 Å². The fourth-order valence-corrected chi connectivity index (χ4v) is 1.01. The van der Waals surface area contributed by atoms with Crippen molar-refractivity contribution in [2.24, 2.45) is 0 Å². The van der Waals surface area contributed by atoms with Gasteiger partial charge in [-0.15, -0.1) is 0 Å². The molecular weight excluding hydrogens is 211 g/mol. The van der Waals surface area contributed by atoms with E-state index in [9.17, 15) is 4.39 Å². The van der Waals surface area contributed by atoms with Gasteiger partial charge in [-0.05, 0) is 28.1 Å². The second-order valence-corrected chi connectivity index (χ2v) is 2.76. The van der Waals surface area contributed by atoms with Gasteiger partial charge in [0, 0.05) is 0 Å². The molecule has 0 saturated heterocycles. The van der Waals surface area contributed by atoms with Crippen molar-refractivity contribution in [3.8, 4) is 6.07 Å². The van der Waals surface area contributed by atoms with Gasteiger partial charge in [0.1, 0.15) is 11.9 Å². The molecule has 2 nitrogen and oxygen atoms in total. The molecule has 0 spiro atoms. The highest BCUT2D eigenvalue weighted by Gasteiger charge is 2.04. The number of halogens is 2. The summed E-state index contributed by atoms with van der Waals surface area (Å²) in [5.74, 6) is -0.498. The molecule has 1 rings (SSSR count). The monoisotopic (exact) mass is 214 g/mol. The van der Waals surface area contributed by atoms with Gasteiger partial charge in [0.25, 0.3) is 0 Å². The van der Waals surface area contributed by atoms with Gasteiger partial charge >= 0.3 is 0 Å². The van der Waals surface area contributed by atoms with Crippen LogP contribution in [0, 0.1) is 17.1 Å². The number of nitrogens with zero attached hydrogens (tertiary/aromatic N) is 1. The number of benzene rings is 1. The van der Waals surface area contributed by atoms with E-state index in [1.807, 2.05) is 6.07 Å². The molecule has 0 heterocycles. The molecule has 4 heteroatoms. The maximum absolute atomic E-state index is 12.5. The van der Waals surface area contributed by atoms with Crippen LogP contribution in [0.5, 0.6) is 0 Å². The summed E-state index contributed by atoms with van der Waals surface area (Å²) >= 11 is 3.06. The number of rotatable bonds is 0. The molecule has 11 heavy (non-hydrogen) atoms. The van der Waals surface area contributed by atoms with Crippen molar-refractivity contribution in [3.05, 3.63) is 28.0 Å². The van der Waals surface area contributed by atoms with Crippen LogP contribution in [-0.4, -0.2) is 0 Å². The molecule has 0 bridgehead atoms. The van der Waals surface area contributed by atoms with Gasteiger partial charge in [-0.25, -0.2) is 4.39 Å². The highest BCUT2D eigenvalue weighted by molar-refractivity contribution is 9.10. The predicted molar refractivity (Wildman–Crippen MR) is 43.2 cm³/mol. The third-order valence-electron chi connectivity index (χ3n) is 1.19. The molecule has 0 aliphatic carbocycles. The Hall–Kier alpha value is -1.08. The third kappa shape index (κ3) is 1.49. The number of nitrogen functional groups attached to an aromatic ring is 1. The van der Waals surface area contributed by atoms with Crippen molar-refractivity contribution in [2.75, 3.05) is 5.73 Å². The zero-order valence-electron chi connectivity index (χ0n) is 5.44. The maximum Gasteiger partial charge on any atom is 0.126 e. The molecular formula is C7H4BrFN2. The largest absolute Gasteiger partial charge is 0.398 e. The number of hydrogen-bond acceptors (Lipinski definition) is 2. The summed E-state index contributed by atoms with van der Waals surface area (Å²) in [6, 6.07) is 4.09. The molecule has 1 aromatic rings. The molecule has 0 aliphatic heterocycles. The Morgan fingerprint density at radius 1 is 1.55 bits per heavy atom. The predicted octanol–water partition coefficient (Wildman–Crippen LogP) is 2.04. The highest BCUT2D eigenvalue weighted by Crippen LogP contribution is 2.24. The Balaban J connectivity index is 3.39. The van der Waals surface area contributed by atoms with Gasteiger partial charge in [0.15, 0.2) is 0 Å². The van der Waals surface area contributed by atoms with Crippen molar-refractivity contribution in [2.45, 2.75) is 0 Å². The van der Waals surface area contributed by atoms with Crippen LogP contribution in [0.15, 0.2) is 16.6 Å². The summed E-state index contributed by atoms with van der Waals surface area (Å²) in [7, 11) is 0. The van der Waals surface area contributed by atoms with Crippen LogP contribution in [0.4, 0.5) is 10.1 Å². The lowest BCUT2D eigenvalue weighted by Crippen LogP contribution is -1.91. The maximum atomic E-state index is 12.5. The zero-order chi connectivity index (χ0) is 8.43. The van der Waals surface area contributed by atoms with E-state index in [1.165, 1.54) is 0 Å². The molecule has 2 N–H and O–H groups in total. The minimum absolute atomic E-state index is 0.211. The van der Waals surface area contributed by atoms with Crippen LogP contribution >= 0.6 is 15.9 Å². The van der Waals surface area contributed by atoms with Crippen LogP contribution in [0.2, 0.25) is 0 Å². The van der Waals surface area contributed by atoms with Crippen LogP contribution < -0.4 is 5.73 Å². The zero-order valence-corrected chi connectivity index (χ0v) is 7.02. The average molecular weight is 215 g/mol. The lowest BCUT2D eigenvalue weighted by atomic mass is 10.2. The van der Waals surface area contributed by atoms with Gasteiger partial charge in [-0.2, -0.15) is 5.26 Å². The Bertz CT molecular complexity index is 330. The Labute approximate surface area is 71.6 Å². The standard InChI is InChI=1S/C7H4BrFN2/c8-7-4(3-10)1-5(9)2-6(7)11/h1-2H,11H2. The smallest absolute Gasteiger partial charge is 0.126 e. The normalized spacial score (nSPS) is 9.18. The first-order chi connectivity index (χ1) is 5.15. The lowest BCUT2D eigenvalue weighted by molar-refractivity contribution is 0.628. The molecule has 1 aromatic carbocycles. The second-order valence-electron chi connectivity index (χ2n) is 1.97. The van der Waals surface area contributed by atoms with E-state index < -0.39 is 5.82 Å². The van der Waals surface area contributed by atoms with Gasteiger partial charge < -0.3 is 5.73 Å². The minimum Gasteiger partial charge on any atom is -0.398 e. The molecule has 0 fully saturated rings. The first-order valence-electron chi connectivity index (χ1n) is 2.79. The lowest BCUT2D eigenvalue weighted by Gasteiger charge is -1.99. The second kappa shape index (κ2) is 2.89. The van der Waals surface area contributed by atoms with E-state index in [0.717, 1.165) is 12.1 Å². The fraction of sp³-hybridized carbons (Fsp3) is 0. The molecule has 0 amide bonds. The van der Waals surface area contributed by atoms with Crippen molar-refractivity contribution in [1.82, 2.24) is 0 Å². The van der Waals surface area contributed by atoms with Gasteiger partial charge in [0.2, 0.25) is 0 Å². The van der Waals surface area contributed by atoms with Crippen molar-refractivity contribution < 1.29 is 4.39 Å². The molecule has 0 radical (unpaired) electrons. The summed E-state index contributed by atoms with van der Waals surface area (Å²) in [6.45, 7) is 0. The van der Waals surface area contributed by atoms with Gasteiger partial charge in [0.05, 0.1) is 15.7 Å². The van der Waals surface area contributed by atoms with E-state index in [4.69, 9.17) is 11.0 Å². The Kier molecular flexibility index (Phi) is 2.11. The summed E-state index contributed by atoms with van der Waals surface area (Å²) in [6.07, 6.45) is 0. The first-order valence-corrected chi connectivity index (χ1v) is 3.59. The summed E-state index contributed by atoms with van der Waals surface area (Å²) in [5.41, 5.74) is 5.81. The number of anilines is 1. The van der Waals surface area contributed by atoms with Crippen molar-refractivity contribution in [3.63, 3.8) is 0 Å². The number of nitriles is 1. The van der Waals surface area contributed by atoms with E-state index >= 15 is 0 Å². The van der Waals surface area contributed by atoms with Crippen molar-refractivity contribution >= 4 is 21.6 Å². The first kappa shape index (κ1) is 8.02. The number of nitrogens with two attached hydrogens (primary N) is 1. The molecule has 0 atom stereocenters. The topological polar surface area (TPSA) is 49.8 Å². The Morgan fingerprint density at radius 3 is 2.73 bits per heavy atom. The minimum atomic E-state index is -0.498. The van der Waals surface area contributed by atoms with Crippen LogP contribution in [0.25, 0.3) is 0 Å². The Morgan fingerprint density at radius 2 is 2.18 bits per heavy atom. The number of hydrogen-bond donors (Lipinski definition) is 1. The van der Waals surface area contributed by atoms with Crippen LogP contribution in [-0.2, 0) is 0 Å². The van der Waals surface area contributed by atoms with Gasteiger partial charge in [-0.3, -0.25) is 0 Å².